The lowest BCUT2D eigenvalue weighted by molar-refractivity contribution is -0.120. The Morgan fingerprint density at radius 1 is 1.46 bits per heavy atom. The summed E-state index contributed by atoms with van der Waals surface area (Å²) in [6.07, 6.45) is 6.17. The summed E-state index contributed by atoms with van der Waals surface area (Å²) >= 11 is 2.88. The molecular weight excluding hydrogens is 366 g/mol. The van der Waals surface area contributed by atoms with Crippen LogP contribution in [0.3, 0.4) is 0 Å². The summed E-state index contributed by atoms with van der Waals surface area (Å²) in [6.45, 7) is 9.97. The first kappa shape index (κ1) is 19.2. The molecule has 1 aliphatic rings. The molecule has 0 saturated heterocycles. The van der Waals surface area contributed by atoms with Gasteiger partial charge in [-0.25, -0.2) is 4.98 Å². The monoisotopic (exact) mass is 391 g/mol. The minimum Gasteiger partial charge on any atom is -0.352 e. The molecule has 1 amide bonds. The van der Waals surface area contributed by atoms with Crippen LogP contribution in [-0.2, 0) is 11.3 Å². The molecule has 1 saturated carbocycles. The predicted octanol–water partition coefficient (Wildman–Crippen LogP) is 3.80. The van der Waals surface area contributed by atoms with Gasteiger partial charge in [0.1, 0.15) is 4.83 Å². The van der Waals surface area contributed by atoms with E-state index in [0.717, 1.165) is 28.1 Å². The summed E-state index contributed by atoms with van der Waals surface area (Å²) in [5, 5.41) is 4.08. The van der Waals surface area contributed by atoms with Crippen molar-refractivity contribution in [2.24, 2.45) is 0 Å². The van der Waals surface area contributed by atoms with Gasteiger partial charge in [0, 0.05) is 17.5 Å². The van der Waals surface area contributed by atoms with Crippen LogP contribution in [0.5, 0.6) is 0 Å². The molecule has 1 aliphatic carbocycles. The number of rotatable bonds is 6. The molecule has 0 aliphatic heterocycles. The van der Waals surface area contributed by atoms with Crippen molar-refractivity contribution >= 4 is 39.2 Å². The maximum atomic E-state index is 13.0. The van der Waals surface area contributed by atoms with E-state index in [1.165, 1.54) is 35.9 Å². The fourth-order valence-electron chi connectivity index (χ4n) is 3.29. The van der Waals surface area contributed by atoms with Crippen molar-refractivity contribution in [1.82, 2.24) is 14.9 Å². The number of nitrogens with one attached hydrogen (secondary N) is 1. The number of carbonyl (C=O) groups is 1. The average molecular weight is 392 g/mol. The smallest absolute Gasteiger partial charge is 0.263 e. The summed E-state index contributed by atoms with van der Waals surface area (Å²) in [7, 11) is 0. The number of fused-ring (bicyclic) bond motifs is 1. The Kier molecular flexibility index (Phi) is 5.87. The molecule has 0 spiro atoms. The summed E-state index contributed by atoms with van der Waals surface area (Å²) in [5.41, 5.74) is 0.937. The number of amides is 1. The average Bonchev–Trinajstić information content (AvgIpc) is 3.19. The first-order valence-electron chi connectivity index (χ1n) is 9.00. The molecule has 140 valence electrons. The Bertz CT molecular complexity index is 894. The van der Waals surface area contributed by atoms with Gasteiger partial charge in [-0.05, 0) is 39.2 Å². The van der Waals surface area contributed by atoms with Crippen molar-refractivity contribution in [3.63, 3.8) is 0 Å². The SMILES string of the molecule is C=CCn1c(S[C@@H](C)C(=O)NC2CCCC2)nc2sc(C)c(C)c2c1=O. The second-order valence-electron chi connectivity index (χ2n) is 6.81. The van der Waals surface area contributed by atoms with E-state index in [0.29, 0.717) is 23.1 Å². The number of nitrogens with zero attached hydrogens (tertiary/aromatic N) is 2. The molecule has 2 heterocycles. The summed E-state index contributed by atoms with van der Waals surface area (Å²) in [6, 6.07) is 0.291. The highest BCUT2D eigenvalue weighted by molar-refractivity contribution is 8.00. The van der Waals surface area contributed by atoms with Gasteiger partial charge in [-0.1, -0.05) is 30.7 Å². The van der Waals surface area contributed by atoms with Gasteiger partial charge in [-0.15, -0.1) is 17.9 Å². The Balaban J connectivity index is 1.90. The van der Waals surface area contributed by atoms with Crippen LogP contribution in [0.15, 0.2) is 22.6 Å². The molecule has 2 aromatic heterocycles. The van der Waals surface area contributed by atoms with Crippen LogP contribution >= 0.6 is 23.1 Å². The van der Waals surface area contributed by atoms with Crippen LogP contribution in [0, 0.1) is 13.8 Å². The van der Waals surface area contributed by atoms with Crippen LogP contribution in [0.25, 0.3) is 10.2 Å². The zero-order chi connectivity index (χ0) is 18.8. The van der Waals surface area contributed by atoms with Crippen molar-refractivity contribution in [2.45, 2.75) is 69.4 Å². The lowest BCUT2D eigenvalue weighted by Crippen LogP contribution is -2.38. The van der Waals surface area contributed by atoms with Gasteiger partial charge in [0.2, 0.25) is 5.91 Å². The summed E-state index contributed by atoms with van der Waals surface area (Å²) < 4.78 is 1.62. The molecule has 7 heteroatoms. The zero-order valence-electron chi connectivity index (χ0n) is 15.5. The molecule has 2 aromatic rings. The third-order valence-electron chi connectivity index (χ3n) is 4.92. The Morgan fingerprint density at radius 2 is 2.15 bits per heavy atom. The van der Waals surface area contributed by atoms with Crippen molar-refractivity contribution < 1.29 is 4.79 Å². The van der Waals surface area contributed by atoms with Crippen LogP contribution in [-0.4, -0.2) is 26.8 Å². The van der Waals surface area contributed by atoms with Gasteiger partial charge in [-0.3, -0.25) is 14.2 Å². The van der Waals surface area contributed by atoms with Gasteiger partial charge in [-0.2, -0.15) is 0 Å². The van der Waals surface area contributed by atoms with Crippen LogP contribution in [0.1, 0.15) is 43.0 Å². The minimum atomic E-state index is -0.307. The Morgan fingerprint density at radius 3 is 2.81 bits per heavy atom. The number of carbonyl (C=O) groups excluding carboxylic acids is 1. The van der Waals surface area contributed by atoms with Crippen LogP contribution in [0.2, 0.25) is 0 Å². The maximum absolute atomic E-state index is 13.0. The lowest BCUT2D eigenvalue weighted by atomic mass is 10.2. The van der Waals surface area contributed by atoms with Gasteiger partial charge in [0.05, 0.1) is 10.6 Å². The number of hydrogen-bond acceptors (Lipinski definition) is 5. The predicted molar refractivity (Wildman–Crippen MR) is 109 cm³/mol. The molecule has 1 fully saturated rings. The Labute approximate surface area is 161 Å². The van der Waals surface area contributed by atoms with Crippen LogP contribution in [0.4, 0.5) is 0 Å². The van der Waals surface area contributed by atoms with E-state index in [2.05, 4.69) is 11.9 Å². The minimum absolute atomic E-state index is 0.0138. The molecule has 1 atom stereocenters. The standard InChI is InChI=1S/C19H25N3O2S2/c1-5-10-22-18(24)15-11(2)12(3)25-17(15)21-19(22)26-13(4)16(23)20-14-8-6-7-9-14/h5,13-14H,1,6-10H2,2-4H3,(H,20,23)/t13-/m0/s1. The fraction of sp³-hybridized carbons (Fsp3) is 0.526. The summed E-state index contributed by atoms with van der Waals surface area (Å²) in [5.74, 6) is 0.0138. The van der Waals surface area contributed by atoms with Crippen molar-refractivity contribution in [3.05, 3.63) is 33.4 Å². The number of thioether (sulfide) groups is 1. The molecule has 0 aromatic carbocycles. The van der Waals surface area contributed by atoms with E-state index in [-0.39, 0.29) is 16.7 Å². The number of aryl methyl sites for hydroxylation is 2. The molecule has 1 N–H and O–H groups in total. The van der Waals surface area contributed by atoms with E-state index in [1.54, 1.807) is 10.6 Å². The van der Waals surface area contributed by atoms with Crippen molar-refractivity contribution in [3.8, 4) is 0 Å². The first-order valence-corrected chi connectivity index (χ1v) is 10.7. The van der Waals surface area contributed by atoms with Crippen molar-refractivity contribution in [1.29, 1.82) is 0 Å². The van der Waals surface area contributed by atoms with Crippen molar-refractivity contribution in [2.75, 3.05) is 0 Å². The number of allylic oxidation sites excluding steroid dienone is 1. The number of hydrogen-bond donors (Lipinski definition) is 1. The highest BCUT2D eigenvalue weighted by atomic mass is 32.2. The third kappa shape index (κ3) is 3.74. The molecule has 0 bridgehead atoms. The van der Waals surface area contributed by atoms with E-state index < -0.39 is 0 Å². The van der Waals surface area contributed by atoms with Gasteiger partial charge >= 0.3 is 0 Å². The third-order valence-corrected chi connectivity index (χ3v) is 7.11. The topological polar surface area (TPSA) is 64.0 Å². The fourth-order valence-corrected chi connectivity index (χ4v) is 5.29. The van der Waals surface area contributed by atoms with Crippen LogP contribution < -0.4 is 10.9 Å². The highest BCUT2D eigenvalue weighted by Gasteiger charge is 2.24. The molecular formula is C19H25N3O2S2. The van der Waals surface area contributed by atoms with Gasteiger partial charge in [0.25, 0.3) is 5.56 Å². The molecule has 0 unspecified atom stereocenters. The maximum Gasteiger partial charge on any atom is 0.263 e. The highest BCUT2D eigenvalue weighted by Crippen LogP contribution is 2.30. The van der Waals surface area contributed by atoms with E-state index in [4.69, 9.17) is 4.98 Å². The largest absolute Gasteiger partial charge is 0.352 e. The molecule has 0 radical (unpaired) electrons. The first-order chi connectivity index (χ1) is 12.4. The molecule has 26 heavy (non-hydrogen) atoms. The van der Waals surface area contributed by atoms with E-state index in [9.17, 15) is 9.59 Å². The zero-order valence-corrected chi connectivity index (χ0v) is 17.1. The number of aromatic nitrogens is 2. The quantitative estimate of drug-likeness (QED) is 0.462. The second kappa shape index (κ2) is 7.96. The lowest BCUT2D eigenvalue weighted by Gasteiger charge is -2.17. The summed E-state index contributed by atoms with van der Waals surface area (Å²) in [4.78, 5) is 32.0. The Hall–Kier alpha value is -1.60. The van der Waals surface area contributed by atoms with E-state index >= 15 is 0 Å². The molecule has 3 rings (SSSR count). The van der Waals surface area contributed by atoms with E-state index in [1.807, 2.05) is 20.8 Å². The van der Waals surface area contributed by atoms with Gasteiger partial charge in [0.15, 0.2) is 5.16 Å². The normalized spacial score (nSPS) is 16.1. The number of thiophene rings is 1. The molecule has 5 nitrogen and oxygen atoms in total. The van der Waals surface area contributed by atoms with Gasteiger partial charge < -0.3 is 5.32 Å². The second-order valence-corrected chi connectivity index (χ2v) is 9.32.